The summed E-state index contributed by atoms with van der Waals surface area (Å²) in [5.74, 6) is 1.15. The van der Waals surface area contributed by atoms with Crippen LogP contribution < -0.4 is 19.7 Å². The highest BCUT2D eigenvalue weighted by Gasteiger charge is 2.49. The van der Waals surface area contributed by atoms with E-state index in [0.717, 1.165) is 17.7 Å². The average Bonchev–Trinajstić information content (AvgIpc) is 2.60. The fourth-order valence-corrected chi connectivity index (χ4v) is 4.17. The van der Waals surface area contributed by atoms with E-state index in [-0.39, 0.29) is 6.04 Å². The normalized spacial score (nSPS) is 24.0. The molecule has 2 heterocycles. The lowest BCUT2D eigenvalue weighted by atomic mass is 9.90. The zero-order valence-corrected chi connectivity index (χ0v) is 15.4. The number of halogens is 3. The van der Waals surface area contributed by atoms with Crippen LogP contribution in [0.4, 0.5) is 18.9 Å². The lowest BCUT2D eigenvalue weighted by Crippen LogP contribution is -2.65. The maximum Gasteiger partial charge on any atom is 0.416 e. The quantitative estimate of drug-likeness (QED) is 0.750. The molecule has 0 aliphatic carbocycles. The Labute approximate surface area is 159 Å². The molecule has 0 aromatic heterocycles. The molecule has 2 bridgehead atoms. The smallest absolute Gasteiger partial charge is 0.416 e. The summed E-state index contributed by atoms with van der Waals surface area (Å²) in [4.78, 5) is 1.60. The van der Waals surface area contributed by atoms with Crippen LogP contribution in [-0.4, -0.2) is 17.9 Å². The molecule has 0 spiro atoms. The van der Waals surface area contributed by atoms with Gasteiger partial charge in [-0.25, -0.2) is 0 Å². The molecule has 0 radical (unpaired) electrons. The van der Waals surface area contributed by atoms with Crippen molar-refractivity contribution in [1.29, 1.82) is 0 Å². The number of fused-ring (bicyclic) bond motifs is 4. The van der Waals surface area contributed by atoms with Gasteiger partial charge in [0.15, 0.2) is 22.3 Å². The molecule has 1 fully saturated rings. The van der Waals surface area contributed by atoms with Crippen molar-refractivity contribution in [3.63, 3.8) is 0 Å². The Hall–Kier alpha value is -2.48. The largest absolute Gasteiger partial charge is 0.493 e. The molecule has 8 heteroatoms. The number of anilines is 1. The van der Waals surface area contributed by atoms with Crippen LogP contribution in [0.3, 0.4) is 0 Å². The summed E-state index contributed by atoms with van der Waals surface area (Å²) in [6, 6.07) is 10.6. The molecule has 0 amide bonds. The van der Waals surface area contributed by atoms with Gasteiger partial charge in [0.05, 0.1) is 18.7 Å². The lowest BCUT2D eigenvalue weighted by molar-refractivity contribution is -0.137. The fourth-order valence-electron chi connectivity index (χ4n) is 3.73. The summed E-state index contributed by atoms with van der Waals surface area (Å²) in [5.41, 5.74) is -0.444. The summed E-state index contributed by atoms with van der Waals surface area (Å²) in [6.45, 7) is 1.82. The van der Waals surface area contributed by atoms with Crippen molar-refractivity contribution in [2.24, 2.45) is 0 Å². The molecule has 1 N–H and O–H groups in total. The molecule has 2 aliphatic rings. The Bertz CT molecular complexity index is 918. The van der Waals surface area contributed by atoms with Gasteiger partial charge in [0.2, 0.25) is 0 Å². The van der Waals surface area contributed by atoms with Gasteiger partial charge in [0.1, 0.15) is 0 Å². The number of benzene rings is 2. The van der Waals surface area contributed by atoms with Crippen molar-refractivity contribution in [2.75, 3.05) is 12.0 Å². The third-order valence-corrected chi connectivity index (χ3v) is 5.22. The Morgan fingerprint density at radius 1 is 1.26 bits per heavy atom. The number of nitrogens with zero attached hydrogens (tertiary/aromatic N) is 1. The first kappa shape index (κ1) is 17.9. The molecule has 2 atom stereocenters. The second-order valence-corrected chi connectivity index (χ2v) is 7.13. The van der Waals surface area contributed by atoms with E-state index in [4.69, 9.17) is 21.7 Å². The predicted octanol–water partition coefficient (Wildman–Crippen LogP) is 4.65. The van der Waals surface area contributed by atoms with Crippen LogP contribution in [0.5, 0.6) is 11.5 Å². The standard InChI is InChI=1S/C19H17F3N2O2S/c1-18-10-14(13-7-4-8-15(25-2)16(13)26-18)23-17(27)24(18)12-6-3-5-11(9-12)19(20,21)22/h3-9,14H,10H2,1-2H3,(H,23,27). The second kappa shape index (κ2) is 6.02. The topological polar surface area (TPSA) is 33.7 Å². The molecule has 2 aliphatic heterocycles. The molecule has 4 nitrogen and oxygen atoms in total. The molecule has 4 rings (SSSR count). The van der Waals surface area contributed by atoms with E-state index in [1.165, 1.54) is 6.07 Å². The van der Waals surface area contributed by atoms with Crippen molar-refractivity contribution in [2.45, 2.75) is 31.3 Å². The zero-order valence-electron chi connectivity index (χ0n) is 14.6. The molecule has 27 heavy (non-hydrogen) atoms. The highest BCUT2D eigenvalue weighted by atomic mass is 32.1. The third kappa shape index (κ3) is 2.88. The van der Waals surface area contributed by atoms with Gasteiger partial charge in [-0.2, -0.15) is 13.2 Å². The van der Waals surface area contributed by atoms with Crippen LogP contribution >= 0.6 is 12.2 Å². The first-order chi connectivity index (χ1) is 12.7. The Balaban J connectivity index is 1.80. The molecule has 2 aromatic rings. The van der Waals surface area contributed by atoms with Crippen LogP contribution in [0.1, 0.15) is 30.5 Å². The average molecular weight is 394 g/mol. The highest BCUT2D eigenvalue weighted by Crippen LogP contribution is 2.49. The van der Waals surface area contributed by atoms with Gasteiger partial charge in [-0.3, -0.25) is 4.90 Å². The number of ether oxygens (including phenoxy) is 2. The van der Waals surface area contributed by atoms with Crippen LogP contribution in [0.25, 0.3) is 0 Å². The minimum absolute atomic E-state index is 0.108. The van der Waals surface area contributed by atoms with Gasteiger partial charge in [-0.15, -0.1) is 0 Å². The van der Waals surface area contributed by atoms with E-state index >= 15 is 0 Å². The number of alkyl halides is 3. The lowest BCUT2D eigenvalue weighted by Gasteiger charge is -2.52. The summed E-state index contributed by atoms with van der Waals surface area (Å²) in [5, 5.41) is 3.55. The molecule has 142 valence electrons. The van der Waals surface area contributed by atoms with Gasteiger partial charge in [-0.05, 0) is 43.4 Å². The number of rotatable bonds is 2. The van der Waals surface area contributed by atoms with Crippen LogP contribution in [0.2, 0.25) is 0 Å². The van der Waals surface area contributed by atoms with Crippen LogP contribution in [0, 0.1) is 0 Å². The molecule has 2 unspecified atom stereocenters. The Morgan fingerprint density at radius 3 is 2.70 bits per heavy atom. The van der Waals surface area contributed by atoms with E-state index in [1.54, 1.807) is 24.1 Å². The third-order valence-electron chi connectivity index (χ3n) is 4.91. The summed E-state index contributed by atoms with van der Waals surface area (Å²) < 4.78 is 51.2. The van der Waals surface area contributed by atoms with Crippen LogP contribution in [-0.2, 0) is 6.18 Å². The maximum absolute atomic E-state index is 13.2. The van der Waals surface area contributed by atoms with Crippen molar-refractivity contribution in [3.8, 4) is 11.5 Å². The van der Waals surface area contributed by atoms with E-state index in [1.807, 2.05) is 19.1 Å². The van der Waals surface area contributed by atoms with Crippen molar-refractivity contribution < 1.29 is 22.6 Å². The first-order valence-electron chi connectivity index (χ1n) is 8.37. The number of hydrogen-bond donors (Lipinski definition) is 1. The monoisotopic (exact) mass is 394 g/mol. The number of nitrogens with one attached hydrogen (secondary N) is 1. The summed E-state index contributed by atoms with van der Waals surface area (Å²) in [6.07, 6.45) is -3.92. The SMILES string of the molecule is COc1cccc2c1OC1(C)CC2NC(=S)N1c1cccc(C(F)(F)F)c1. The van der Waals surface area contributed by atoms with Gasteiger partial charge in [-0.1, -0.05) is 18.2 Å². The van der Waals surface area contributed by atoms with E-state index < -0.39 is 17.5 Å². The molecule has 1 saturated heterocycles. The summed E-state index contributed by atoms with van der Waals surface area (Å²) in [7, 11) is 1.55. The van der Waals surface area contributed by atoms with Crippen molar-refractivity contribution in [3.05, 3.63) is 53.6 Å². The number of hydrogen-bond acceptors (Lipinski definition) is 3. The van der Waals surface area contributed by atoms with Crippen molar-refractivity contribution >= 4 is 23.0 Å². The fraction of sp³-hybridized carbons (Fsp3) is 0.316. The maximum atomic E-state index is 13.2. The molecular formula is C19H17F3N2O2S. The van der Waals surface area contributed by atoms with Crippen molar-refractivity contribution in [1.82, 2.24) is 5.32 Å². The van der Waals surface area contributed by atoms with Gasteiger partial charge < -0.3 is 14.8 Å². The second-order valence-electron chi connectivity index (χ2n) is 6.75. The number of thiocarbonyl (C=S) groups is 1. The predicted molar refractivity (Wildman–Crippen MR) is 99.0 cm³/mol. The van der Waals surface area contributed by atoms with Gasteiger partial charge in [0.25, 0.3) is 0 Å². The van der Waals surface area contributed by atoms with Gasteiger partial charge >= 0.3 is 6.18 Å². The van der Waals surface area contributed by atoms with Gasteiger partial charge in [0, 0.05) is 17.7 Å². The first-order valence-corrected chi connectivity index (χ1v) is 8.78. The van der Waals surface area contributed by atoms with Crippen LogP contribution in [0.15, 0.2) is 42.5 Å². The minimum Gasteiger partial charge on any atom is -0.493 e. The zero-order chi connectivity index (χ0) is 19.4. The molecule has 0 saturated carbocycles. The number of methoxy groups -OCH3 is 1. The van der Waals surface area contributed by atoms with E-state index in [2.05, 4.69) is 5.32 Å². The van der Waals surface area contributed by atoms with E-state index in [0.29, 0.717) is 28.7 Å². The molecular weight excluding hydrogens is 377 g/mol. The van der Waals surface area contributed by atoms with E-state index in [9.17, 15) is 13.2 Å². The minimum atomic E-state index is -4.44. The molecule has 2 aromatic carbocycles. The number of para-hydroxylation sites is 1. The Kier molecular flexibility index (Phi) is 3.99. The highest BCUT2D eigenvalue weighted by molar-refractivity contribution is 7.80. The summed E-state index contributed by atoms with van der Waals surface area (Å²) >= 11 is 5.48. The Morgan fingerprint density at radius 2 is 2.00 bits per heavy atom.